The van der Waals surface area contributed by atoms with Crippen molar-refractivity contribution in [2.24, 2.45) is 12.8 Å². The van der Waals surface area contributed by atoms with E-state index >= 15 is 0 Å². The van der Waals surface area contributed by atoms with Crippen molar-refractivity contribution in [3.05, 3.63) is 47.5 Å². The molecule has 2 rings (SSSR count). The number of nitrogens with one attached hydrogen (secondary N) is 1. The minimum atomic E-state index is -1.38. The highest BCUT2D eigenvalue weighted by molar-refractivity contribution is 5.96. The summed E-state index contributed by atoms with van der Waals surface area (Å²) in [6.07, 6.45) is 3.05. The molecule has 0 aliphatic rings. The maximum atomic E-state index is 13.5. The van der Waals surface area contributed by atoms with Crippen LogP contribution < -0.4 is 11.1 Å². The fraction of sp³-hybridized carbons (Fsp3) is 0.154. The highest BCUT2D eigenvalue weighted by Gasteiger charge is 2.18. The number of nitrogens with zero attached hydrogens (tertiary/aromatic N) is 2. The molecule has 0 spiro atoms. The number of aromatic nitrogens is 2. The summed E-state index contributed by atoms with van der Waals surface area (Å²) in [7, 11) is 1.69. The minimum absolute atomic E-state index is 0.127. The lowest BCUT2D eigenvalue weighted by Crippen LogP contribution is -2.27. The van der Waals surface area contributed by atoms with E-state index in [1.165, 1.54) is 16.9 Å². The monoisotopic (exact) mass is 292 g/mol. The number of carboxylic acids is 1. The number of hydrogen-bond donors (Lipinski definition) is 3. The number of hydrogen-bond acceptors (Lipinski definition) is 4. The van der Waals surface area contributed by atoms with Crippen molar-refractivity contribution in [3.63, 3.8) is 0 Å². The Hall–Kier alpha value is -2.74. The van der Waals surface area contributed by atoms with Gasteiger partial charge in [0.1, 0.15) is 11.9 Å². The van der Waals surface area contributed by atoms with E-state index in [2.05, 4.69) is 10.4 Å². The molecule has 1 heterocycles. The smallest absolute Gasteiger partial charge is 0.338 e. The lowest BCUT2D eigenvalue weighted by molar-refractivity contribution is -0.117. The number of rotatable bonds is 4. The van der Waals surface area contributed by atoms with E-state index < -0.39 is 29.3 Å². The molecule has 0 aliphatic heterocycles. The summed E-state index contributed by atoms with van der Waals surface area (Å²) in [5.41, 5.74) is 5.93. The second-order valence-electron chi connectivity index (χ2n) is 4.41. The highest BCUT2D eigenvalue weighted by atomic mass is 19.1. The van der Waals surface area contributed by atoms with Gasteiger partial charge in [-0.15, -0.1) is 0 Å². The number of carbonyl (C=O) groups excluding carboxylic acids is 1. The molecule has 1 unspecified atom stereocenters. The van der Waals surface area contributed by atoms with Crippen LogP contribution in [0.1, 0.15) is 22.0 Å². The number of nitrogens with two attached hydrogens (primary N) is 1. The van der Waals surface area contributed by atoms with E-state index in [4.69, 9.17) is 10.8 Å². The molecule has 2 aromatic rings. The molecule has 0 aliphatic carbocycles. The molecule has 4 N–H and O–H groups in total. The third-order valence-corrected chi connectivity index (χ3v) is 2.83. The number of aromatic carboxylic acids is 1. The van der Waals surface area contributed by atoms with Gasteiger partial charge in [0.2, 0.25) is 5.91 Å². The van der Waals surface area contributed by atoms with Crippen molar-refractivity contribution in [3.8, 4) is 0 Å². The third-order valence-electron chi connectivity index (χ3n) is 2.83. The molecular weight excluding hydrogens is 279 g/mol. The van der Waals surface area contributed by atoms with Crippen molar-refractivity contribution in [1.82, 2.24) is 9.78 Å². The summed E-state index contributed by atoms with van der Waals surface area (Å²) in [4.78, 5) is 22.6. The zero-order valence-corrected chi connectivity index (χ0v) is 11.1. The van der Waals surface area contributed by atoms with E-state index in [0.29, 0.717) is 5.56 Å². The number of benzene rings is 1. The first-order chi connectivity index (χ1) is 9.88. The number of anilines is 1. The van der Waals surface area contributed by atoms with Gasteiger partial charge in [-0.2, -0.15) is 5.10 Å². The quantitative estimate of drug-likeness (QED) is 0.775. The lowest BCUT2D eigenvalue weighted by Gasteiger charge is -2.11. The summed E-state index contributed by atoms with van der Waals surface area (Å²) in [6.45, 7) is 0. The molecule has 7 nitrogen and oxygen atoms in total. The zero-order chi connectivity index (χ0) is 15.6. The maximum Gasteiger partial charge on any atom is 0.338 e. The Morgan fingerprint density at radius 1 is 1.48 bits per heavy atom. The first-order valence-corrected chi connectivity index (χ1v) is 5.96. The van der Waals surface area contributed by atoms with Crippen LogP contribution in [0.15, 0.2) is 30.6 Å². The molecule has 1 aromatic heterocycles. The van der Waals surface area contributed by atoms with Gasteiger partial charge in [-0.1, -0.05) is 0 Å². The number of halogens is 1. The van der Waals surface area contributed by atoms with Crippen LogP contribution in [0, 0.1) is 5.82 Å². The number of carboxylic acid groups (broad SMARTS) is 1. The normalized spacial score (nSPS) is 12.0. The summed E-state index contributed by atoms with van der Waals surface area (Å²) < 4.78 is 15.0. The Morgan fingerprint density at radius 3 is 2.71 bits per heavy atom. The summed E-state index contributed by atoms with van der Waals surface area (Å²) in [6, 6.07) is 2.33. The van der Waals surface area contributed by atoms with Crippen LogP contribution in [0.2, 0.25) is 0 Å². The van der Waals surface area contributed by atoms with E-state index in [0.717, 1.165) is 12.1 Å². The van der Waals surface area contributed by atoms with Crippen molar-refractivity contribution in [2.45, 2.75) is 6.04 Å². The molecule has 0 fully saturated rings. The highest BCUT2D eigenvalue weighted by Crippen LogP contribution is 2.17. The van der Waals surface area contributed by atoms with Crippen LogP contribution in [0.4, 0.5) is 10.1 Å². The van der Waals surface area contributed by atoms with Crippen LogP contribution in [0.25, 0.3) is 0 Å². The number of carbonyl (C=O) groups is 2. The van der Waals surface area contributed by atoms with Gasteiger partial charge in [0.05, 0.1) is 11.8 Å². The largest absolute Gasteiger partial charge is 0.478 e. The Bertz CT molecular complexity index is 698. The van der Waals surface area contributed by atoms with Gasteiger partial charge in [0.15, 0.2) is 0 Å². The fourth-order valence-electron chi connectivity index (χ4n) is 1.74. The van der Waals surface area contributed by atoms with Crippen LogP contribution in [0.5, 0.6) is 0 Å². The Morgan fingerprint density at radius 2 is 2.19 bits per heavy atom. The molecule has 1 amide bonds. The zero-order valence-electron chi connectivity index (χ0n) is 11.1. The van der Waals surface area contributed by atoms with E-state index in [9.17, 15) is 14.0 Å². The van der Waals surface area contributed by atoms with Crippen molar-refractivity contribution in [1.29, 1.82) is 0 Å². The summed E-state index contributed by atoms with van der Waals surface area (Å²) in [5.74, 6) is -2.86. The number of aryl methyl sites for hydroxylation is 1. The van der Waals surface area contributed by atoms with Crippen LogP contribution >= 0.6 is 0 Å². The second kappa shape index (κ2) is 5.71. The van der Waals surface area contributed by atoms with Gasteiger partial charge in [0, 0.05) is 24.5 Å². The first-order valence-electron chi connectivity index (χ1n) is 5.96. The third kappa shape index (κ3) is 3.23. The van der Waals surface area contributed by atoms with Crippen molar-refractivity contribution in [2.75, 3.05) is 5.32 Å². The van der Waals surface area contributed by atoms with E-state index in [-0.39, 0.29) is 5.69 Å². The summed E-state index contributed by atoms with van der Waals surface area (Å²) in [5, 5.41) is 15.0. The average Bonchev–Trinajstić information content (AvgIpc) is 2.84. The predicted octanol–water partition coefficient (Wildman–Crippen LogP) is 0.896. The molecule has 110 valence electrons. The molecule has 21 heavy (non-hydrogen) atoms. The van der Waals surface area contributed by atoms with Gasteiger partial charge in [-0.25, -0.2) is 9.18 Å². The molecule has 0 radical (unpaired) electrons. The van der Waals surface area contributed by atoms with Gasteiger partial charge >= 0.3 is 5.97 Å². The average molecular weight is 292 g/mol. The van der Waals surface area contributed by atoms with Crippen LogP contribution in [0.3, 0.4) is 0 Å². The fourth-order valence-corrected chi connectivity index (χ4v) is 1.74. The van der Waals surface area contributed by atoms with Crippen molar-refractivity contribution >= 4 is 17.6 Å². The van der Waals surface area contributed by atoms with Crippen LogP contribution in [-0.4, -0.2) is 26.8 Å². The van der Waals surface area contributed by atoms with E-state index in [1.807, 2.05) is 0 Å². The topological polar surface area (TPSA) is 110 Å². The van der Waals surface area contributed by atoms with Gasteiger partial charge in [-0.3, -0.25) is 9.48 Å². The Labute approximate surface area is 119 Å². The maximum absolute atomic E-state index is 13.5. The van der Waals surface area contributed by atoms with E-state index in [1.54, 1.807) is 13.2 Å². The number of amides is 1. The van der Waals surface area contributed by atoms with Gasteiger partial charge < -0.3 is 16.2 Å². The molecule has 1 atom stereocenters. The Kier molecular flexibility index (Phi) is 3.99. The van der Waals surface area contributed by atoms with Crippen molar-refractivity contribution < 1.29 is 19.1 Å². The molecule has 8 heteroatoms. The standard InChI is InChI=1S/C13H13FN4O3/c1-18-6-7(5-16-18)11(15)12(19)17-8-2-3-9(13(20)21)10(14)4-8/h2-6,11H,15H2,1H3,(H,17,19)(H,20,21). The lowest BCUT2D eigenvalue weighted by atomic mass is 10.1. The Balaban J connectivity index is 2.12. The second-order valence-corrected chi connectivity index (χ2v) is 4.41. The SMILES string of the molecule is Cn1cc(C(N)C(=O)Nc2ccc(C(=O)O)c(F)c2)cn1. The predicted molar refractivity (Wildman–Crippen MR) is 72.1 cm³/mol. The molecule has 0 bridgehead atoms. The van der Waals surface area contributed by atoms with Gasteiger partial charge in [-0.05, 0) is 18.2 Å². The van der Waals surface area contributed by atoms with Gasteiger partial charge in [0.25, 0.3) is 0 Å². The van der Waals surface area contributed by atoms with Crippen LogP contribution in [-0.2, 0) is 11.8 Å². The molecule has 0 saturated carbocycles. The summed E-state index contributed by atoms with van der Waals surface area (Å²) >= 11 is 0. The molecular formula is C13H13FN4O3. The molecule has 0 saturated heterocycles. The first kappa shape index (κ1) is 14.7. The minimum Gasteiger partial charge on any atom is -0.478 e. The molecule has 1 aromatic carbocycles.